The van der Waals surface area contributed by atoms with Crippen molar-refractivity contribution in [1.29, 1.82) is 0 Å². The van der Waals surface area contributed by atoms with Gasteiger partial charge in [-0.1, -0.05) is 359 Å². The fourth-order valence-corrected chi connectivity index (χ4v) is 11.0. The molecule has 0 fully saturated rings. The van der Waals surface area contributed by atoms with E-state index in [0.717, 1.165) is 77.0 Å². The van der Waals surface area contributed by atoms with Crippen LogP contribution in [0, 0.1) is 0 Å². The second-order valence-corrected chi connectivity index (χ2v) is 24.5. The van der Waals surface area contributed by atoms with E-state index in [9.17, 15) is 14.4 Å². The lowest BCUT2D eigenvalue weighted by atomic mass is 10.0. The molecule has 0 aliphatic heterocycles. The Kier molecular flexibility index (Phi) is 67.1. The summed E-state index contributed by atoms with van der Waals surface area (Å²) in [5.74, 6) is -0.864. The van der Waals surface area contributed by atoms with Crippen molar-refractivity contribution in [2.75, 3.05) is 13.2 Å². The van der Waals surface area contributed by atoms with Crippen LogP contribution < -0.4 is 0 Å². The minimum atomic E-state index is -0.772. The standard InChI is InChI=1S/C74H138O6/c1-4-7-10-13-16-18-20-22-24-26-28-30-32-33-34-35-36-37-38-39-40-41-43-44-46-48-50-52-54-56-58-61-64-67-73(76)79-70-71(69-78-72(75)66-63-60-15-12-9-6-3)80-74(77)68-65-62-59-57-55-53-51-49-47-45-42-31-29-27-25-23-21-19-17-14-11-8-5-2/h21,23,27,29,42,45,71H,4-20,22,24-26,28,30-41,43-44,46-70H2,1-3H3/b23-21-,29-27-,45-42-. The maximum Gasteiger partial charge on any atom is 0.306 e. The van der Waals surface area contributed by atoms with Gasteiger partial charge in [0.1, 0.15) is 13.2 Å². The van der Waals surface area contributed by atoms with Gasteiger partial charge in [0.15, 0.2) is 6.10 Å². The summed E-state index contributed by atoms with van der Waals surface area (Å²) >= 11 is 0. The molecule has 0 aliphatic carbocycles. The monoisotopic (exact) mass is 1120 g/mol. The van der Waals surface area contributed by atoms with Crippen LogP contribution in [-0.2, 0) is 28.6 Å². The highest BCUT2D eigenvalue weighted by molar-refractivity contribution is 5.71. The zero-order valence-electron chi connectivity index (χ0n) is 54.1. The van der Waals surface area contributed by atoms with Crippen molar-refractivity contribution in [3.8, 4) is 0 Å². The lowest BCUT2D eigenvalue weighted by Gasteiger charge is -2.18. The summed E-state index contributed by atoms with van der Waals surface area (Å²) in [7, 11) is 0. The summed E-state index contributed by atoms with van der Waals surface area (Å²) in [6.07, 6.45) is 86.6. The molecular formula is C74H138O6. The molecule has 6 nitrogen and oxygen atoms in total. The molecule has 0 N–H and O–H groups in total. The molecule has 1 atom stereocenters. The Morgan fingerprint density at radius 3 is 0.700 bits per heavy atom. The van der Waals surface area contributed by atoms with E-state index in [1.54, 1.807) is 0 Å². The minimum absolute atomic E-state index is 0.0709. The predicted octanol–water partition coefficient (Wildman–Crippen LogP) is 24.7. The van der Waals surface area contributed by atoms with Crippen LogP contribution in [0.4, 0.5) is 0 Å². The molecular weight excluding hydrogens is 985 g/mol. The van der Waals surface area contributed by atoms with Crippen molar-refractivity contribution in [2.45, 2.75) is 406 Å². The van der Waals surface area contributed by atoms with Crippen LogP contribution in [-0.4, -0.2) is 37.2 Å². The summed E-state index contributed by atoms with van der Waals surface area (Å²) in [5, 5.41) is 0. The number of unbranched alkanes of at least 4 members (excludes halogenated alkanes) is 50. The zero-order valence-corrected chi connectivity index (χ0v) is 54.1. The van der Waals surface area contributed by atoms with Crippen LogP contribution >= 0.6 is 0 Å². The largest absolute Gasteiger partial charge is 0.462 e. The molecule has 470 valence electrons. The number of carbonyl (C=O) groups is 3. The van der Waals surface area contributed by atoms with Gasteiger partial charge in [0.2, 0.25) is 0 Å². The first-order valence-electron chi connectivity index (χ1n) is 36.0. The molecule has 0 aromatic heterocycles. The Labute approximate surface area is 499 Å². The van der Waals surface area contributed by atoms with Gasteiger partial charge in [-0.15, -0.1) is 0 Å². The first-order valence-corrected chi connectivity index (χ1v) is 36.0. The minimum Gasteiger partial charge on any atom is -0.462 e. The van der Waals surface area contributed by atoms with Crippen LogP contribution in [0.2, 0.25) is 0 Å². The van der Waals surface area contributed by atoms with E-state index in [2.05, 4.69) is 57.2 Å². The van der Waals surface area contributed by atoms with Gasteiger partial charge < -0.3 is 14.2 Å². The van der Waals surface area contributed by atoms with E-state index < -0.39 is 6.10 Å². The SMILES string of the molecule is CCCCCCC/C=C\C/C=C\C/C=C\CCCCCCCCCCC(=O)OC(COC(=O)CCCCCCCC)COC(=O)CCCCCCCCCCCCCCCCCCCCCCCCCCCCCCCCCCC. The molecule has 0 aromatic rings. The quantitative estimate of drug-likeness (QED) is 0.0261. The van der Waals surface area contributed by atoms with E-state index in [1.165, 1.54) is 283 Å². The second kappa shape index (κ2) is 69.1. The molecule has 0 aromatic carbocycles. The fraction of sp³-hybridized carbons (Fsp3) is 0.878. The van der Waals surface area contributed by atoms with Crippen molar-refractivity contribution >= 4 is 17.9 Å². The van der Waals surface area contributed by atoms with E-state index in [1.807, 2.05) is 0 Å². The molecule has 6 heteroatoms. The molecule has 0 saturated carbocycles. The predicted molar refractivity (Wildman–Crippen MR) is 349 cm³/mol. The lowest BCUT2D eigenvalue weighted by molar-refractivity contribution is -0.167. The lowest BCUT2D eigenvalue weighted by Crippen LogP contribution is -2.30. The van der Waals surface area contributed by atoms with Crippen LogP contribution in [0.3, 0.4) is 0 Å². The van der Waals surface area contributed by atoms with E-state index in [4.69, 9.17) is 14.2 Å². The average Bonchev–Trinajstić information content (AvgIpc) is 3.46. The first kappa shape index (κ1) is 77.6. The Morgan fingerprint density at radius 1 is 0.250 bits per heavy atom. The Hall–Kier alpha value is -2.37. The third-order valence-electron chi connectivity index (χ3n) is 16.4. The Morgan fingerprint density at radius 2 is 0.450 bits per heavy atom. The van der Waals surface area contributed by atoms with E-state index in [0.29, 0.717) is 19.3 Å². The highest BCUT2D eigenvalue weighted by Gasteiger charge is 2.19. The van der Waals surface area contributed by atoms with Crippen molar-refractivity contribution in [2.24, 2.45) is 0 Å². The van der Waals surface area contributed by atoms with Gasteiger partial charge in [-0.25, -0.2) is 0 Å². The summed E-state index contributed by atoms with van der Waals surface area (Å²) in [6.45, 7) is 6.63. The molecule has 1 unspecified atom stereocenters. The number of rotatable bonds is 67. The number of esters is 3. The Balaban J connectivity index is 3.94. The maximum absolute atomic E-state index is 12.9. The summed E-state index contributed by atoms with van der Waals surface area (Å²) in [6, 6.07) is 0. The number of carbonyl (C=O) groups excluding carboxylic acids is 3. The molecule has 0 saturated heterocycles. The molecule has 0 radical (unpaired) electrons. The van der Waals surface area contributed by atoms with E-state index >= 15 is 0 Å². The molecule has 0 spiro atoms. The van der Waals surface area contributed by atoms with Gasteiger partial charge in [-0.05, 0) is 57.8 Å². The zero-order chi connectivity index (χ0) is 57.8. The van der Waals surface area contributed by atoms with Crippen LogP contribution in [0.25, 0.3) is 0 Å². The normalized spacial score (nSPS) is 12.2. The highest BCUT2D eigenvalue weighted by atomic mass is 16.6. The topological polar surface area (TPSA) is 78.9 Å². The van der Waals surface area contributed by atoms with Gasteiger partial charge in [0.25, 0.3) is 0 Å². The molecule has 0 rings (SSSR count). The average molecular weight is 1120 g/mol. The van der Waals surface area contributed by atoms with Crippen LogP contribution in [0.15, 0.2) is 36.5 Å². The fourth-order valence-electron chi connectivity index (χ4n) is 11.0. The van der Waals surface area contributed by atoms with Gasteiger partial charge in [-0.2, -0.15) is 0 Å². The number of ether oxygens (including phenoxy) is 3. The second-order valence-electron chi connectivity index (χ2n) is 24.5. The molecule has 0 heterocycles. The van der Waals surface area contributed by atoms with Crippen molar-refractivity contribution in [3.05, 3.63) is 36.5 Å². The van der Waals surface area contributed by atoms with Crippen molar-refractivity contribution < 1.29 is 28.6 Å². The number of allylic oxidation sites excluding steroid dienone is 6. The summed E-state index contributed by atoms with van der Waals surface area (Å²) in [5.41, 5.74) is 0. The van der Waals surface area contributed by atoms with E-state index in [-0.39, 0.29) is 31.1 Å². The first-order chi connectivity index (χ1) is 39.5. The molecule has 0 bridgehead atoms. The summed E-state index contributed by atoms with van der Waals surface area (Å²) in [4.78, 5) is 38.1. The molecule has 0 amide bonds. The van der Waals surface area contributed by atoms with Crippen LogP contribution in [0.5, 0.6) is 0 Å². The van der Waals surface area contributed by atoms with Gasteiger partial charge in [0, 0.05) is 19.3 Å². The van der Waals surface area contributed by atoms with Crippen molar-refractivity contribution in [3.63, 3.8) is 0 Å². The van der Waals surface area contributed by atoms with Gasteiger partial charge >= 0.3 is 17.9 Å². The molecule has 0 aliphatic rings. The smallest absolute Gasteiger partial charge is 0.306 e. The van der Waals surface area contributed by atoms with Crippen molar-refractivity contribution in [1.82, 2.24) is 0 Å². The molecule has 80 heavy (non-hydrogen) atoms. The summed E-state index contributed by atoms with van der Waals surface area (Å²) < 4.78 is 16.9. The third-order valence-corrected chi connectivity index (χ3v) is 16.4. The third kappa shape index (κ3) is 66.4. The van der Waals surface area contributed by atoms with Crippen LogP contribution in [0.1, 0.15) is 400 Å². The Bertz CT molecular complexity index is 1340. The highest BCUT2D eigenvalue weighted by Crippen LogP contribution is 2.19. The van der Waals surface area contributed by atoms with Gasteiger partial charge in [0.05, 0.1) is 0 Å². The maximum atomic E-state index is 12.9. The number of hydrogen-bond acceptors (Lipinski definition) is 6. The van der Waals surface area contributed by atoms with Gasteiger partial charge in [-0.3, -0.25) is 14.4 Å². The number of hydrogen-bond donors (Lipinski definition) is 0.